The number of nitrogens with one attached hydrogen (secondary N) is 2. The van der Waals surface area contributed by atoms with Crippen LogP contribution in [0.1, 0.15) is 25.3 Å². The van der Waals surface area contributed by atoms with Crippen molar-refractivity contribution in [3.63, 3.8) is 0 Å². The SMILES string of the molecule is CCOC(=O)N1CCC(NC(=NCC(=O)N(C)C)NCCc2cccc(F)c2)CC1. The highest BCUT2D eigenvalue weighted by atomic mass is 19.1. The van der Waals surface area contributed by atoms with Gasteiger partial charge in [0.15, 0.2) is 5.96 Å². The number of hydrogen-bond donors (Lipinski definition) is 2. The summed E-state index contributed by atoms with van der Waals surface area (Å²) in [6.07, 6.45) is 1.85. The van der Waals surface area contributed by atoms with Gasteiger partial charge in [0.05, 0.1) is 6.61 Å². The summed E-state index contributed by atoms with van der Waals surface area (Å²) in [5.41, 5.74) is 0.883. The minimum Gasteiger partial charge on any atom is -0.450 e. The van der Waals surface area contributed by atoms with E-state index in [0.29, 0.717) is 38.6 Å². The number of carbonyl (C=O) groups is 2. The van der Waals surface area contributed by atoms with Crippen LogP contribution in [0.15, 0.2) is 29.3 Å². The van der Waals surface area contributed by atoms with Gasteiger partial charge in [0.1, 0.15) is 12.4 Å². The molecule has 2 N–H and O–H groups in total. The largest absolute Gasteiger partial charge is 0.450 e. The summed E-state index contributed by atoms with van der Waals surface area (Å²) in [5, 5.41) is 6.58. The number of aliphatic imine (C=N–C) groups is 1. The number of nitrogens with zero attached hydrogens (tertiary/aromatic N) is 3. The van der Waals surface area contributed by atoms with E-state index in [0.717, 1.165) is 18.4 Å². The molecule has 0 aromatic heterocycles. The fourth-order valence-corrected chi connectivity index (χ4v) is 3.07. The first-order valence-corrected chi connectivity index (χ1v) is 10.3. The number of ether oxygens (including phenoxy) is 1. The summed E-state index contributed by atoms with van der Waals surface area (Å²) in [5.74, 6) is 0.180. The van der Waals surface area contributed by atoms with Crippen molar-refractivity contribution in [3.05, 3.63) is 35.6 Å². The molecule has 30 heavy (non-hydrogen) atoms. The lowest BCUT2D eigenvalue weighted by Crippen LogP contribution is -2.50. The van der Waals surface area contributed by atoms with Gasteiger partial charge >= 0.3 is 6.09 Å². The lowest BCUT2D eigenvalue weighted by Gasteiger charge is -2.32. The quantitative estimate of drug-likeness (QED) is 0.516. The Morgan fingerprint density at radius 1 is 1.30 bits per heavy atom. The van der Waals surface area contributed by atoms with E-state index in [-0.39, 0.29) is 30.4 Å². The first kappa shape index (κ1) is 23.4. The van der Waals surface area contributed by atoms with Gasteiger partial charge < -0.3 is 25.2 Å². The molecule has 1 aliphatic heterocycles. The molecule has 0 aliphatic carbocycles. The average Bonchev–Trinajstić information content (AvgIpc) is 2.72. The molecular formula is C21H32FN5O3. The lowest BCUT2D eigenvalue weighted by atomic mass is 10.1. The van der Waals surface area contributed by atoms with Gasteiger partial charge in [-0.25, -0.2) is 14.2 Å². The average molecular weight is 422 g/mol. The smallest absolute Gasteiger partial charge is 0.409 e. The van der Waals surface area contributed by atoms with E-state index >= 15 is 0 Å². The van der Waals surface area contributed by atoms with Crippen LogP contribution in [0.4, 0.5) is 9.18 Å². The zero-order valence-corrected chi connectivity index (χ0v) is 18.0. The molecular weight excluding hydrogens is 389 g/mol. The van der Waals surface area contributed by atoms with E-state index in [2.05, 4.69) is 15.6 Å². The van der Waals surface area contributed by atoms with Crippen molar-refractivity contribution in [2.45, 2.75) is 32.2 Å². The van der Waals surface area contributed by atoms with Crippen molar-refractivity contribution >= 4 is 18.0 Å². The zero-order valence-electron chi connectivity index (χ0n) is 18.0. The summed E-state index contributed by atoms with van der Waals surface area (Å²) in [4.78, 5) is 31.3. The number of hydrogen-bond acceptors (Lipinski definition) is 4. The maximum atomic E-state index is 13.3. The molecule has 2 rings (SSSR count). The van der Waals surface area contributed by atoms with Gasteiger partial charge in [0.2, 0.25) is 5.91 Å². The summed E-state index contributed by atoms with van der Waals surface area (Å²) < 4.78 is 18.4. The van der Waals surface area contributed by atoms with Gasteiger partial charge in [-0.3, -0.25) is 4.79 Å². The molecule has 1 aromatic carbocycles. The number of guanidine groups is 1. The van der Waals surface area contributed by atoms with Crippen LogP contribution in [0.3, 0.4) is 0 Å². The molecule has 1 fully saturated rings. The number of piperidine rings is 1. The van der Waals surface area contributed by atoms with Crippen molar-refractivity contribution in [1.82, 2.24) is 20.4 Å². The van der Waals surface area contributed by atoms with Gasteiger partial charge in [-0.1, -0.05) is 12.1 Å². The lowest BCUT2D eigenvalue weighted by molar-refractivity contribution is -0.127. The van der Waals surface area contributed by atoms with Crippen LogP contribution in [0, 0.1) is 5.82 Å². The number of likely N-dealkylation sites (tertiary alicyclic amines) is 1. The van der Waals surface area contributed by atoms with Gasteiger partial charge in [0.25, 0.3) is 0 Å². The molecule has 1 saturated heterocycles. The Labute approximate surface area is 177 Å². The number of likely N-dealkylation sites (N-methyl/N-ethyl adjacent to an activating group) is 1. The number of amides is 2. The standard InChI is InChI=1S/C21H32FN5O3/c1-4-30-21(29)27-12-9-18(10-13-27)25-20(24-15-19(28)26(2)3)23-11-8-16-6-5-7-17(22)14-16/h5-7,14,18H,4,8-13,15H2,1-3H3,(H2,23,24,25). The predicted octanol–water partition coefficient (Wildman–Crippen LogP) is 1.61. The number of benzene rings is 1. The van der Waals surface area contributed by atoms with Crippen LogP contribution in [-0.2, 0) is 16.0 Å². The minimum atomic E-state index is -0.283. The summed E-state index contributed by atoms with van der Waals surface area (Å²) in [6, 6.07) is 6.61. The van der Waals surface area contributed by atoms with Crippen LogP contribution in [0.25, 0.3) is 0 Å². The summed E-state index contributed by atoms with van der Waals surface area (Å²) in [6.45, 7) is 3.94. The Morgan fingerprint density at radius 2 is 2.03 bits per heavy atom. The van der Waals surface area contributed by atoms with Gasteiger partial charge in [-0.15, -0.1) is 0 Å². The molecule has 166 valence electrons. The predicted molar refractivity (Wildman–Crippen MR) is 114 cm³/mol. The second kappa shape index (κ2) is 12.0. The van der Waals surface area contributed by atoms with E-state index in [1.54, 1.807) is 32.0 Å². The van der Waals surface area contributed by atoms with Crippen LogP contribution >= 0.6 is 0 Å². The van der Waals surface area contributed by atoms with Crippen molar-refractivity contribution in [3.8, 4) is 0 Å². The zero-order chi connectivity index (χ0) is 21.9. The fourth-order valence-electron chi connectivity index (χ4n) is 3.07. The maximum absolute atomic E-state index is 13.3. The summed E-state index contributed by atoms with van der Waals surface area (Å²) >= 11 is 0. The van der Waals surface area contributed by atoms with Gasteiger partial charge in [-0.05, 0) is 43.9 Å². The molecule has 0 spiro atoms. The van der Waals surface area contributed by atoms with Crippen molar-refractivity contribution in [2.75, 3.05) is 46.9 Å². The van der Waals surface area contributed by atoms with E-state index in [1.807, 2.05) is 6.07 Å². The van der Waals surface area contributed by atoms with E-state index in [9.17, 15) is 14.0 Å². The number of halogens is 1. The third kappa shape index (κ3) is 7.88. The first-order valence-electron chi connectivity index (χ1n) is 10.3. The van der Waals surface area contributed by atoms with E-state index in [4.69, 9.17) is 4.74 Å². The van der Waals surface area contributed by atoms with E-state index in [1.165, 1.54) is 17.0 Å². The van der Waals surface area contributed by atoms with Crippen molar-refractivity contribution < 1.29 is 18.7 Å². The van der Waals surface area contributed by atoms with Crippen LogP contribution in [0.2, 0.25) is 0 Å². The number of carbonyl (C=O) groups excluding carboxylic acids is 2. The topological polar surface area (TPSA) is 86.3 Å². The third-order valence-electron chi connectivity index (χ3n) is 4.83. The molecule has 1 aromatic rings. The van der Waals surface area contributed by atoms with Crippen molar-refractivity contribution in [1.29, 1.82) is 0 Å². The van der Waals surface area contributed by atoms with Crippen LogP contribution < -0.4 is 10.6 Å². The first-order chi connectivity index (χ1) is 14.4. The maximum Gasteiger partial charge on any atom is 0.409 e. The second-order valence-corrected chi connectivity index (χ2v) is 7.36. The Kier molecular flexibility index (Phi) is 9.37. The molecule has 9 heteroatoms. The Balaban J connectivity index is 1.90. The molecule has 1 heterocycles. The monoisotopic (exact) mass is 421 g/mol. The molecule has 0 unspecified atom stereocenters. The Hall–Kier alpha value is -2.84. The summed E-state index contributed by atoms with van der Waals surface area (Å²) in [7, 11) is 3.38. The highest BCUT2D eigenvalue weighted by Crippen LogP contribution is 2.11. The second-order valence-electron chi connectivity index (χ2n) is 7.36. The normalized spacial score (nSPS) is 14.9. The van der Waals surface area contributed by atoms with Gasteiger partial charge in [0, 0.05) is 39.8 Å². The van der Waals surface area contributed by atoms with Gasteiger partial charge in [-0.2, -0.15) is 0 Å². The van der Waals surface area contributed by atoms with Crippen molar-refractivity contribution in [2.24, 2.45) is 4.99 Å². The minimum absolute atomic E-state index is 0.0317. The molecule has 0 radical (unpaired) electrons. The Bertz CT molecular complexity index is 733. The molecule has 1 aliphatic rings. The third-order valence-corrected chi connectivity index (χ3v) is 4.83. The van der Waals surface area contributed by atoms with Crippen LogP contribution in [0.5, 0.6) is 0 Å². The highest BCUT2D eigenvalue weighted by molar-refractivity contribution is 5.85. The molecule has 0 bridgehead atoms. The molecule has 0 saturated carbocycles. The number of rotatable bonds is 7. The highest BCUT2D eigenvalue weighted by Gasteiger charge is 2.24. The van der Waals surface area contributed by atoms with E-state index < -0.39 is 0 Å². The fraction of sp³-hybridized carbons (Fsp3) is 0.571. The molecule has 0 atom stereocenters. The Morgan fingerprint density at radius 3 is 2.67 bits per heavy atom. The molecule has 8 nitrogen and oxygen atoms in total. The molecule has 2 amide bonds. The van der Waals surface area contributed by atoms with Crippen LogP contribution in [-0.4, -0.2) is 80.7 Å².